The highest BCUT2D eigenvalue weighted by Crippen LogP contribution is 2.30. The van der Waals surface area contributed by atoms with Crippen LogP contribution in [-0.4, -0.2) is 15.7 Å². The molecule has 4 nitrogen and oxygen atoms in total. The number of hydrogen-bond acceptors (Lipinski definition) is 2. The van der Waals surface area contributed by atoms with Gasteiger partial charge >= 0.3 is 6.18 Å². The van der Waals surface area contributed by atoms with E-state index in [1.807, 2.05) is 0 Å². The van der Waals surface area contributed by atoms with Crippen LogP contribution in [0.25, 0.3) is 16.9 Å². The molecule has 2 aromatic carbocycles. The number of carbonyl (C=O) groups is 1. The van der Waals surface area contributed by atoms with Gasteiger partial charge in [-0.25, -0.2) is 4.68 Å². The molecular formula is C17H12F3N3O. The molecule has 0 radical (unpaired) electrons. The fraction of sp³-hybridized carbons (Fsp3) is 0.0588. The maximum Gasteiger partial charge on any atom is 0.416 e. The molecular weight excluding hydrogens is 319 g/mol. The standard InChI is InChI=1S/C17H12F3N3O/c18-17(19,20)11-4-3-5-12(10-11)23-9-8-15(22-23)13-6-1-2-7-14(13)16(21)24/h1-10H,(H2,21,24). The number of alkyl halides is 3. The fourth-order valence-electron chi connectivity index (χ4n) is 2.36. The monoisotopic (exact) mass is 331 g/mol. The Hall–Kier alpha value is -3.09. The van der Waals surface area contributed by atoms with Crippen molar-refractivity contribution in [1.82, 2.24) is 9.78 Å². The summed E-state index contributed by atoms with van der Waals surface area (Å²) in [5.74, 6) is -0.598. The summed E-state index contributed by atoms with van der Waals surface area (Å²) in [5.41, 5.74) is 6.12. The maximum absolute atomic E-state index is 12.8. The molecule has 24 heavy (non-hydrogen) atoms. The number of carbonyl (C=O) groups excluding carboxylic acids is 1. The molecule has 1 heterocycles. The first-order valence-electron chi connectivity index (χ1n) is 6.99. The fourth-order valence-corrected chi connectivity index (χ4v) is 2.36. The van der Waals surface area contributed by atoms with Crippen LogP contribution >= 0.6 is 0 Å². The molecule has 1 amide bonds. The smallest absolute Gasteiger partial charge is 0.366 e. The predicted octanol–water partition coefficient (Wildman–Crippen LogP) is 3.66. The van der Waals surface area contributed by atoms with Gasteiger partial charge in [0, 0.05) is 17.3 Å². The number of rotatable bonds is 3. The third kappa shape index (κ3) is 3.01. The highest BCUT2D eigenvalue weighted by molar-refractivity contribution is 5.99. The number of aromatic nitrogens is 2. The Morgan fingerprint density at radius 1 is 1.04 bits per heavy atom. The number of nitrogens with two attached hydrogens (primary N) is 1. The van der Waals surface area contributed by atoms with Gasteiger partial charge in [0.15, 0.2) is 0 Å². The van der Waals surface area contributed by atoms with Crippen LogP contribution in [0.5, 0.6) is 0 Å². The minimum absolute atomic E-state index is 0.271. The molecule has 0 aliphatic heterocycles. The highest BCUT2D eigenvalue weighted by Gasteiger charge is 2.30. The van der Waals surface area contributed by atoms with Gasteiger partial charge in [0.05, 0.1) is 16.9 Å². The van der Waals surface area contributed by atoms with Crippen molar-refractivity contribution in [2.75, 3.05) is 0 Å². The quantitative estimate of drug-likeness (QED) is 0.796. The summed E-state index contributed by atoms with van der Waals surface area (Å²) in [6.07, 6.45) is -2.90. The summed E-state index contributed by atoms with van der Waals surface area (Å²) < 4.78 is 39.8. The van der Waals surface area contributed by atoms with Crippen molar-refractivity contribution in [2.24, 2.45) is 5.73 Å². The first kappa shape index (κ1) is 15.8. The molecule has 0 saturated heterocycles. The van der Waals surface area contributed by atoms with Crippen LogP contribution in [0, 0.1) is 0 Å². The molecule has 0 spiro atoms. The summed E-state index contributed by atoms with van der Waals surface area (Å²) in [7, 11) is 0. The van der Waals surface area contributed by atoms with Crippen LogP contribution < -0.4 is 5.73 Å². The largest absolute Gasteiger partial charge is 0.416 e. The van der Waals surface area contributed by atoms with E-state index in [9.17, 15) is 18.0 Å². The van der Waals surface area contributed by atoms with E-state index in [0.29, 0.717) is 16.8 Å². The van der Waals surface area contributed by atoms with Gasteiger partial charge in [-0.15, -0.1) is 0 Å². The van der Waals surface area contributed by atoms with Crippen LogP contribution in [0.4, 0.5) is 13.2 Å². The summed E-state index contributed by atoms with van der Waals surface area (Å²) in [6.45, 7) is 0. The number of halogens is 3. The van der Waals surface area contributed by atoms with Crippen LogP contribution in [0.2, 0.25) is 0 Å². The van der Waals surface area contributed by atoms with E-state index in [1.165, 1.54) is 23.0 Å². The van der Waals surface area contributed by atoms with E-state index in [-0.39, 0.29) is 5.69 Å². The van der Waals surface area contributed by atoms with Crippen molar-refractivity contribution < 1.29 is 18.0 Å². The molecule has 0 bridgehead atoms. The molecule has 3 rings (SSSR count). The minimum atomic E-state index is -4.43. The highest BCUT2D eigenvalue weighted by atomic mass is 19.4. The zero-order chi connectivity index (χ0) is 17.3. The SMILES string of the molecule is NC(=O)c1ccccc1-c1ccn(-c2cccc(C(F)(F)F)c2)n1. The van der Waals surface area contributed by atoms with Crippen molar-refractivity contribution >= 4 is 5.91 Å². The van der Waals surface area contributed by atoms with Gasteiger partial charge in [-0.05, 0) is 30.3 Å². The molecule has 0 unspecified atom stereocenters. The first-order valence-corrected chi connectivity index (χ1v) is 6.99. The van der Waals surface area contributed by atoms with Crippen molar-refractivity contribution in [3.05, 3.63) is 71.9 Å². The average Bonchev–Trinajstić information content (AvgIpc) is 3.04. The molecule has 7 heteroatoms. The Labute approximate surface area is 135 Å². The summed E-state index contributed by atoms with van der Waals surface area (Å²) in [5, 5.41) is 4.26. The molecule has 122 valence electrons. The van der Waals surface area contributed by atoms with Crippen LogP contribution in [0.15, 0.2) is 60.8 Å². The zero-order valence-electron chi connectivity index (χ0n) is 12.3. The first-order chi connectivity index (χ1) is 11.4. The van der Waals surface area contributed by atoms with Gasteiger partial charge in [-0.3, -0.25) is 4.79 Å². The van der Waals surface area contributed by atoms with E-state index in [0.717, 1.165) is 12.1 Å². The summed E-state index contributed by atoms with van der Waals surface area (Å²) in [6, 6.07) is 13.1. The van der Waals surface area contributed by atoms with E-state index in [1.54, 1.807) is 30.3 Å². The molecule has 0 aliphatic rings. The Balaban J connectivity index is 2.02. The van der Waals surface area contributed by atoms with Gasteiger partial charge in [-0.2, -0.15) is 18.3 Å². The van der Waals surface area contributed by atoms with Gasteiger partial charge in [-0.1, -0.05) is 24.3 Å². The van der Waals surface area contributed by atoms with Crippen molar-refractivity contribution in [3.63, 3.8) is 0 Å². The third-order valence-electron chi connectivity index (χ3n) is 3.50. The van der Waals surface area contributed by atoms with Gasteiger partial charge < -0.3 is 5.73 Å². The van der Waals surface area contributed by atoms with E-state index >= 15 is 0 Å². The second-order valence-corrected chi connectivity index (χ2v) is 5.10. The van der Waals surface area contributed by atoms with Gasteiger partial charge in [0.25, 0.3) is 0 Å². The summed E-state index contributed by atoms with van der Waals surface area (Å²) >= 11 is 0. The zero-order valence-corrected chi connectivity index (χ0v) is 12.3. The average molecular weight is 331 g/mol. The second kappa shape index (κ2) is 5.84. The maximum atomic E-state index is 12.8. The van der Waals surface area contributed by atoms with Crippen LogP contribution in [-0.2, 0) is 6.18 Å². The topological polar surface area (TPSA) is 60.9 Å². The Morgan fingerprint density at radius 3 is 2.50 bits per heavy atom. The molecule has 1 aromatic heterocycles. The van der Waals surface area contributed by atoms with Crippen LogP contribution in [0.1, 0.15) is 15.9 Å². The predicted molar refractivity (Wildman–Crippen MR) is 82.5 cm³/mol. The lowest BCUT2D eigenvalue weighted by Gasteiger charge is -2.08. The normalized spacial score (nSPS) is 11.5. The molecule has 2 N–H and O–H groups in total. The van der Waals surface area contributed by atoms with Crippen molar-refractivity contribution in [2.45, 2.75) is 6.18 Å². The Morgan fingerprint density at radius 2 is 1.79 bits per heavy atom. The molecule has 3 aromatic rings. The minimum Gasteiger partial charge on any atom is -0.366 e. The lowest BCUT2D eigenvalue weighted by Crippen LogP contribution is -2.12. The van der Waals surface area contributed by atoms with E-state index in [2.05, 4.69) is 5.10 Å². The van der Waals surface area contributed by atoms with E-state index < -0.39 is 17.6 Å². The number of primary amides is 1. The van der Waals surface area contributed by atoms with Crippen LogP contribution in [0.3, 0.4) is 0 Å². The molecule has 0 aliphatic carbocycles. The van der Waals surface area contributed by atoms with Crippen molar-refractivity contribution in [1.29, 1.82) is 0 Å². The second-order valence-electron chi connectivity index (χ2n) is 5.10. The number of nitrogens with zero attached hydrogens (tertiary/aromatic N) is 2. The lowest BCUT2D eigenvalue weighted by molar-refractivity contribution is -0.137. The molecule has 0 atom stereocenters. The number of amides is 1. The summed E-state index contributed by atoms with van der Waals surface area (Å²) in [4.78, 5) is 11.5. The number of benzene rings is 2. The molecule has 0 fully saturated rings. The van der Waals surface area contributed by atoms with Crippen molar-refractivity contribution in [3.8, 4) is 16.9 Å². The Kier molecular flexibility index (Phi) is 3.84. The van der Waals surface area contributed by atoms with E-state index in [4.69, 9.17) is 5.73 Å². The Bertz CT molecular complexity index is 900. The lowest BCUT2D eigenvalue weighted by atomic mass is 10.0. The van der Waals surface area contributed by atoms with Gasteiger partial charge in [0.2, 0.25) is 5.91 Å². The number of hydrogen-bond donors (Lipinski definition) is 1. The van der Waals surface area contributed by atoms with Gasteiger partial charge in [0.1, 0.15) is 0 Å². The molecule has 0 saturated carbocycles. The third-order valence-corrected chi connectivity index (χ3v) is 3.50.